The van der Waals surface area contributed by atoms with Crippen LogP contribution in [0.25, 0.3) is 22.1 Å². The molecule has 0 aliphatic heterocycles. The first-order valence-electron chi connectivity index (χ1n) is 9.70. The molecule has 7 N–H and O–H groups in total. The molecular weight excluding hydrogens is 374 g/mol. The topological polar surface area (TPSA) is 133 Å². The van der Waals surface area contributed by atoms with Gasteiger partial charge in [-0.15, -0.1) is 0 Å². The van der Waals surface area contributed by atoms with Gasteiger partial charge in [-0.2, -0.15) is 0 Å². The van der Waals surface area contributed by atoms with Crippen molar-refractivity contribution in [2.45, 2.75) is 12.3 Å². The molecule has 1 atom stereocenters. The van der Waals surface area contributed by atoms with Gasteiger partial charge in [0.25, 0.3) is 0 Å². The summed E-state index contributed by atoms with van der Waals surface area (Å²) in [5.41, 5.74) is 17.6. The van der Waals surface area contributed by atoms with Crippen molar-refractivity contribution in [3.63, 3.8) is 0 Å². The van der Waals surface area contributed by atoms with Crippen LogP contribution < -0.4 is 11.5 Å². The number of benzene rings is 3. The first-order valence-corrected chi connectivity index (χ1v) is 9.70. The Morgan fingerprint density at radius 2 is 1.53 bits per heavy atom. The number of aromatic nitrogens is 4. The second-order valence-electron chi connectivity index (χ2n) is 7.41. The molecule has 0 saturated carbocycles. The van der Waals surface area contributed by atoms with Crippen LogP contribution in [0.4, 0.5) is 5.69 Å². The van der Waals surface area contributed by atoms with Gasteiger partial charge in [-0.3, -0.25) is 5.41 Å². The van der Waals surface area contributed by atoms with E-state index in [2.05, 4.69) is 9.97 Å². The summed E-state index contributed by atoms with van der Waals surface area (Å²) in [6.07, 6.45) is 0.708. The van der Waals surface area contributed by atoms with E-state index in [1.807, 2.05) is 66.7 Å². The molecule has 148 valence electrons. The smallest absolute Gasteiger partial charge is 0.122 e. The third kappa shape index (κ3) is 3.26. The summed E-state index contributed by atoms with van der Waals surface area (Å²) in [5.74, 6) is 1.58. The van der Waals surface area contributed by atoms with E-state index in [4.69, 9.17) is 26.8 Å². The van der Waals surface area contributed by atoms with Crippen LogP contribution in [0.5, 0.6) is 0 Å². The molecule has 0 fully saturated rings. The zero-order chi connectivity index (χ0) is 20.7. The van der Waals surface area contributed by atoms with Gasteiger partial charge in [0.15, 0.2) is 0 Å². The van der Waals surface area contributed by atoms with Gasteiger partial charge in [-0.05, 0) is 54.4 Å². The van der Waals surface area contributed by atoms with Crippen molar-refractivity contribution in [2.75, 3.05) is 5.73 Å². The van der Waals surface area contributed by atoms with E-state index >= 15 is 0 Å². The molecule has 0 spiro atoms. The lowest BCUT2D eigenvalue weighted by Gasteiger charge is -2.12. The lowest BCUT2D eigenvalue weighted by Crippen LogP contribution is -2.10. The summed E-state index contributed by atoms with van der Waals surface area (Å²) in [7, 11) is 0. The summed E-state index contributed by atoms with van der Waals surface area (Å²) >= 11 is 0. The number of nitrogen functional groups attached to an aromatic ring is 2. The van der Waals surface area contributed by atoms with E-state index in [0.717, 1.165) is 45.0 Å². The van der Waals surface area contributed by atoms with Crippen molar-refractivity contribution < 1.29 is 0 Å². The number of amidine groups is 1. The molecule has 3 aromatic carbocycles. The number of hydrogen-bond acceptors (Lipinski definition) is 4. The monoisotopic (exact) mass is 395 g/mol. The molecule has 5 aromatic rings. The minimum Gasteiger partial charge on any atom is -0.399 e. The van der Waals surface area contributed by atoms with E-state index in [1.165, 1.54) is 0 Å². The van der Waals surface area contributed by atoms with E-state index < -0.39 is 0 Å². The quantitative estimate of drug-likeness (QED) is 0.176. The fourth-order valence-electron chi connectivity index (χ4n) is 3.71. The summed E-state index contributed by atoms with van der Waals surface area (Å²) in [5, 5.41) is 7.68. The molecule has 5 rings (SSSR count). The Bertz CT molecular complexity index is 1330. The van der Waals surface area contributed by atoms with E-state index in [0.29, 0.717) is 12.0 Å². The minimum absolute atomic E-state index is 0.0313. The molecule has 2 aromatic heterocycles. The summed E-state index contributed by atoms with van der Waals surface area (Å²) in [6.45, 7) is 0. The van der Waals surface area contributed by atoms with Crippen LogP contribution in [0.2, 0.25) is 0 Å². The Kier molecular flexibility index (Phi) is 4.21. The predicted octanol–water partition coefficient (Wildman–Crippen LogP) is 3.68. The van der Waals surface area contributed by atoms with Crippen molar-refractivity contribution in [3.8, 4) is 0 Å². The number of para-hydroxylation sites is 2. The highest BCUT2D eigenvalue weighted by Crippen LogP contribution is 2.29. The molecule has 7 heteroatoms. The number of anilines is 1. The molecule has 0 saturated heterocycles. The summed E-state index contributed by atoms with van der Waals surface area (Å²) in [4.78, 5) is 16.5. The predicted molar refractivity (Wildman–Crippen MR) is 120 cm³/mol. The Morgan fingerprint density at radius 1 is 0.867 bits per heavy atom. The highest BCUT2D eigenvalue weighted by molar-refractivity contribution is 5.97. The van der Waals surface area contributed by atoms with Gasteiger partial charge < -0.3 is 21.4 Å². The van der Waals surface area contributed by atoms with Gasteiger partial charge >= 0.3 is 0 Å². The maximum Gasteiger partial charge on any atom is 0.122 e. The molecule has 0 radical (unpaired) electrons. The van der Waals surface area contributed by atoms with Gasteiger partial charge in [0, 0.05) is 11.3 Å². The normalized spacial score (nSPS) is 12.4. The number of fused-ring (bicyclic) bond motifs is 2. The lowest BCUT2D eigenvalue weighted by molar-refractivity contribution is 0.714. The number of nitrogens with one attached hydrogen (secondary N) is 3. The molecule has 0 amide bonds. The third-order valence-electron chi connectivity index (χ3n) is 5.30. The number of nitrogens with zero attached hydrogens (tertiary/aromatic N) is 2. The molecule has 30 heavy (non-hydrogen) atoms. The zero-order valence-electron chi connectivity index (χ0n) is 16.2. The Morgan fingerprint density at radius 3 is 2.23 bits per heavy atom. The van der Waals surface area contributed by atoms with Crippen molar-refractivity contribution in [1.82, 2.24) is 19.9 Å². The maximum absolute atomic E-state index is 7.68. The summed E-state index contributed by atoms with van der Waals surface area (Å²) in [6, 6.07) is 21.4. The van der Waals surface area contributed by atoms with Crippen molar-refractivity contribution >= 4 is 33.6 Å². The van der Waals surface area contributed by atoms with Gasteiger partial charge in [-0.1, -0.05) is 24.3 Å². The van der Waals surface area contributed by atoms with E-state index in [1.54, 1.807) is 0 Å². The van der Waals surface area contributed by atoms with Gasteiger partial charge in [0.1, 0.15) is 17.5 Å². The van der Waals surface area contributed by atoms with Gasteiger partial charge in [0.05, 0.1) is 28.0 Å². The lowest BCUT2D eigenvalue weighted by atomic mass is 9.97. The number of rotatable bonds is 5. The number of nitrogens with two attached hydrogens (primary N) is 2. The van der Waals surface area contributed by atoms with E-state index in [-0.39, 0.29) is 11.8 Å². The van der Waals surface area contributed by atoms with Gasteiger partial charge in [0.2, 0.25) is 0 Å². The zero-order valence-corrected chi connectivity index (χ0v) is 16.2. The standard InChI is InChI=1S/C23H21N7/c24-15-8-5-13(6-9-15)11-16(22-27-17-3-1-2-4-18(17)28-22)23-29-19-10-7-14(21(25)26)12-20(19)30-23/h1-10,12,16H,11,24H2,(H3,25,26)(H,27,28)(H,29,30). The number of imidazole rings is 2. The molecule has 0 aliphatic carbocycles. The SMILES string of the molecule is N=C(N)c1ccc2nc(C(Cc3ccc(N)cc3)c3nc4ccccc4[nH]3)[nH]c2c1. The molecule has 0 bridgehead atoms. The van der Waals surface area contributed by atoms with Crippen molar-refractivity contribution in [2.24, 2.45) is 5.73 Å². The maximum atomic E-state index is 7.68. The second-order valence-corrected chi connectivity index (χ2v) is 7.41. The highest BCUT2D eigenvalue weighted by atomic mass is 15.0. The van der Waals surface area contributed by atoms with Crippen LogP contribution in [-0.4, -0.2) is 25.8 Å². The Labute approximate surface area is 172 Å². The number of aromatic amines is 2. The summed E-state index contributed by atoms with van der Waals surface area (Å²) < 4.78 is 0. The molecule has 2 heterocycles. The van der Waals surface area contributed by atoms with Crippen LogP contribution >= 0.6 is 0 Å². The number of H-pyrrole nitrogens is 2. The first-order chi connectivity index (χ1) is 14.6. The Balaban J connectivity index is 1.62. The number of hydrogen-bond donors (Lipinski definition) is 5. The Hall–Kier alpha value is -4.13. The second kappa shape index (κ2) is 7.04. The highest BCUT2D eigenvalue weighted by Gasteiger charge is 2.22. The van der Waals surface area contributed by atoms with E-state index in [9.17, 15) is 0 Å². The van der Waals surface area contributed by atoms with Crippen molar-refractivity contribution in [1.29, 1.82) is 5.41 Å². The largest absolute Gasteiger partial charge is 0.399 e. The molecule has 0 aliphatic rings. The molecule has 7 nitrogen and oxygen atoms in total. The van der Waals surface area contributed by atoms with Crippen LogP contribution in [0.15, 0.2) is 66.7 Å². The van der Waals surface area contributed by atoms with Crippen LogP contribution in [0.3, 0.4) is 0 Å². The fraction of sp³-hybridized carbons (Fsp3) is 0.0870. The van der Waals surface area contributed by atoms with Gasteiger partial charge in [-0.25, -0.2) is 9.97 Å². The van der Waals surface area contributed by atoms with Crippen LogP contribution in [-0.2, 0) is 6.42 Å². The molecule has 1 unspecified atom stereocenters. The third-order valence-corrected chi connectivity index (χ3v) is 5.30. The average Bonchev–Trinajstić information content (AvgIpc) is 3.36. The van der Waals surface area contributed by atoms with Crippen LogP contribution in [0.1, 0.15) is 28.7 Å². The fourth-order valence-corrected chi connectivity index (χ4v) is 3.71. The van der Waals surface area contributed by atoms with Crippen molar-refractivity contribution in [3.05, 3.63) is 89.5 Å². The van der Waals surface area contributed by atoms with Crippen LogP contribution in [0, 0.1) is 5.41 Å². The molecular formula is C23H21N7. The average molecular weight is 395 g/mol. The first kappa shape index (κ1) is 17.9. The minimum atomic E-state index is -0.103.